The molecule has 0 aliphatic rings. The Balaban J connectivity index is 1.24. The van der Waals surface area contributed by atoms with Crippen LogP contribution in [0.2, 0.25) is 0 Å². The van der Waals surface area contributed by atoms with Gasteiger partial charge in [0.1, 0.15) is 5.52 Å². The van der Waals surface area contributed by atoms with Gasteiger partial charge in [-0.05, 0) is 105 Å². The molecule has 0 unspecified atom stereocenters. The molecule has 9 aromatic rings. The molecule has 6 aromatic carbocycles. The lowest BCUT2D eigenvalue weighted by molar-refractivity contribution is 0.620. The van der Waals surface area contributed by atoms with E-state index in [0.29, 0.717) is 5.89 Å². The van der Waals surface area contributed by atoms with Crippen LogP contribution in [0, 0.1) is 0 Å². The van der Waals surface area contributed by atoms with Crippen LogP contribution in [0.3, 0.4) is 0 Å². The number of pyridine rings is 2. The van der Waals surface area contributed by atoms with Crippen molar-refractivity contribution < 1.29 is 4.42 Å². The molecule has 4 nitrogen and oxygen atoms in total. The maximum Gasteiger partial charge on any atom is 0.227 e. The van der Waals surface area contributed by atoms with Gasteiger partial charge in [-0.15, -0.1) is 0 Å². The van der Waals surface area contributed by atoms with E-state index >= 15 is 0 Å². The fourth-order valence-electron chi connectivity index (χ4n) is 6.70. The van der Waals surface area contributed by atoms with Crippen LogP contribution in [0.25, 0.3) is 89.3 Å². The summed E-state index contributed by atoms with van der Waals surface area (Å²) in [5, 5.41) is 0. The molecule has 0 atom stereocenters. The molecule has 51 heavy (non-hydrogen) atoms. The maximum absolute atomic E-state index is 6.75. The molecule has 240 valence electrons. The van der Waals surface area contributed by atoms with Crippen LogP contribution in [0.1, 0.15) is 0 Å². The van der Waals surface area contributed by atoms with E-state index in [0.717, 1.165) is 72.3 Å². The summed E-state index contributed by atoms with van der Waals surface area (Å²) in [6.07, 6.45) is 7.34. The fraction of sp³-hybridized carbons (Fsp3) is 0. The minimum absolute atomic E-state index is 0.552. The van der Waals surface area contributed by atoms with Crippen molar-refractivity contribution >= 4 is 11.1 Å². The maximum atomic E-state index is 6.75. The SMILES string of the molecule is c1ccc(-c2cccc(-c3cc(-c4cccc(-c5ccccc5)c4)c4nc(-c5cc(-c6cccnc6)cc(-c6cccnc6)c5)oc4c3)c2)cc1. The van der Waals surface area contributed by atoms with Crippen molar-refractivity contribution in [1.29, 1.82) is 0 Å². The Kier molecular flexibility index (Phi) is 7.80. The predicted octanol–water partition coefficient (Wildman–Crippen LogP) is 12.3. The Morgan fingerprint density at radius 2 is 0.784 bits per heavy atom. The Morgan fingerprint density at radius 3 is 1.35 bits per heavy atom. The van der Waals surface area contributed by atoms with Crippen LogP contribution in [-0.4, -0.2) is 15.0 Å². The van der Waals surface area contributed by atoms with Crippen molar-refractivity contribution in [2.24, 2.45) is 0 Å². The van der Waals surface area contributed by atoms with Gasteiger partial charge in [0, 0.05) is 47.0 Å². The zero-order chi connectivity index (χ0) is 34.0. The van der Waals surface area contributed by atoms with E-state index < -0.39 is 0 Å². The van der Waals surface area contributed by atoms with Crippen molar-refractivity contribution in [3.63, 3.8) is 0 Å². The topological polar surface area (TPSA) is 51.8 Å². The van der Waals surface area contributed by atoms with Crippen LogP contribution >= 0.6 is 0 Å². The average Bonchev–Trinajstić information content (AvgIpc) is 3.66. The number of nitrogens with zero attached hydrogens (tertiary/aromatic N) is 3. The van der Waals surface area contributed by atoms with Gasteiger partial charge in [0.15, 0.2) is 5.58 Å². The summed E-state index contributed by atoms with van der Waals surface area (Å²) in [6.45, 7) is 0. The molecule has 9 rings (SSSR count). The summed E-state index contributed by atoms with van der Waals surface area (Å²) in [6, 6.07) is 57.1. The summed E-state index contributed by atoms with van der Waals surface area (Å²) >= 11 is 0. The van der Waals surface area contributed by atoms with Gasteiger partial charge in [0.25, 0.3) is 0 Å². The summed E-state index contributed by atoms with van der Waals surface area (Å²) in [5.41, 5.74) is 15.4. The third kappa shape index (κ3) is 6.11. The molecular formula is C47H31N3O. The fourth-order valence-corrected chi connectivity index (χ4v) is 6.70. The second kappa shape index (κ2) is 13.2. The molecule has 3 aromatic heterocycles. The molecule has 0 bridgehead atoms. The van der Waals surface area contributed by atoms with Crippen molar-refractivity contribution in [1.82, 2.24) is 15.0 Å². The van der Waals surface area contributed by atoms with Gasteiger partial charge in [-0.1, -0.05) is 109 Å². The van der Waals surface area contributed by atoms with Gasteiger partial charge in [0.2, 0.25) is 5.89 Å². The molecule has 0 N–H and O–H groups in total. The third-order valence-electron chi connectivity index (χ3n) is 9.25. The highest BCUT2D eigenvalue weighted by Gasteiger charge is 2.18. The zero-order valence-corrected chi connectivity index (χ0v) is 27.6. The van der Waals surface area contributed by atoms with Crippen molar-refractivity contribution in [3.8, 4) is 78.2 Å². The van der Waals surface area contributed by atoms with E-state index in [2.05, 4.69) is 149 Å². The van der Waals surface area contributed by atoms with Gasteiger partial charge in [-0.3, -0.25) is 9.97 Å². The van der Waals surface area contributed by atoms with Crippen LogP contribution in [-0.2, 0) is 0 Å². The monoisotopic (exact) mass is 653 g/mol. The van der Waals surface area contributed by atoms with E-state index in [-0.39, 0.29) is 0 Å². The summed E-state index contributed by atoms with van der Waals surface area (Å²) < 4.78 is 6.75. The lowest BCUT2D eigenvalue weighted by atomic mass is 9.94. The molecule has 0 fully saturated rings. The normalized spacial score (nSPS) is 11.1. The Hall–Kier alpha value is -6.91. The van der Waals surface area contributed by atoms with Crippen molar-refractivity contribution in [2.75, 3.05) is 0 Å². The minimum atomic E-state index is 0.552. The number of benzene rings is 6. The van der Waals surface area contributed by atoms with Gasteiger partial charge < -0.3 is 4.42 Å². The number of hydrogen-bond donors (Lipinski definition) is 0. The van der Waals surface area contributed by atoms with E-state index in [1.54, 1.807) is 12.4 Å². The summed E-state index contributed by atoms with van der Waals surface area (Å²) in [7, 11) is 0. The lowest BCUT2D eigenvalue weighted by Crippen LogP contribution is -1.88. The highest BCUT2D eigenvalue weighted by molar-refractivity contribution is 5.97. The average molecular weight is 654 g/mol. The first kappa shape index (κ1) is 30.2. The van der Waals surface area contributed by atoms with E-state index in [9.17, 15) is 0 Å². The van der Waals surface area contributed by atoms with Crippen molar-refractivity contribution in [3.05, 3.63) is 189 Å². The number of hydrogen-bond acceptors (Lipinski definition) is 4. The highest BCUT2D eigenvalue weighted by atomic mass is 16.3. The molecule has 0 spiro atoms. The zero-order valence-electron chi connectivity index (χ0n) is 27.6. The van der Waals surface area contributed by atoms with Crippen LogP contribution in [0.5, 0.6) is 0 Å². The van der Waals surface area contributed by atoms with E-state index in [1.165, 1.54) is 11.1 Å². The predicted molar refractivity (Wildman–Crippen MR) is 208 cm³/mol. The smallest absolute Gasteiger partial charge is 0.227 e. The quantitative estimate of drug-likeness (QED) is 0.172. The third-order valence-corrected chi connectivity index (χ3v) is 9.25. The van der Waals surface area contributed by atoms with E-state index in [1.807, 2.05) is 36.7 Å². The number of oxazole rings is 1. The van der Waals surface area contributed by atoms with Crippen molar-refractivity contribution in [2.45, 2.75) is 0 Å². The van der Waals surface area contributed by atoms with E-state index in [4.69, 9.17) is 9.40 Å². The van der Waals surface area contributed by atoms with Crippen LogP contribution in [0.4, 0.5) is 0 Å². The second-order valence-electron chi connectivity index (χ2n) is 12.6. The molecule has 0 aliphatic carbocycles. The molecule has 0 saturated carbocycles. The molecule has 0 radical (unpaired) electrons. The van der Waals surface area contributed by atoms with Crippen LogP contribution < -0.4 is 0 Å². The Labute approximate surface area is 296 Å². The molecule has 0 saturated heterocycles. The molecular weight excluding hydrogens is 623 g/mol. The second-order valence-corrected chi connectivity index (χ2v) is 12.6. The Morgan fingerprint density at radius 1 is 0.333 bits per heavy atom. The first-order valence-corrected chi connectivity index (χ1v) is 17.0. The highest BCUT2D eigenvalue weighted by Crippen LogP contribution is 2.40. The van der Waals surface area contributed by atoms with Gasteiger partial charge in [0.05, 0.1) is 0 Å². The number of aromatic nitrogens is 3. The van der Waals surface area contributed by atoms with Gasteiger partial charge in [-0.2, -0.15) is 0 Å². The largest absolute Gasteiger partial charge is 0.436 e. The molecule has 0 amide bonds. The van der Waals surface area contributed by atoms with Gasteiger partial charge in [-0.25, -0.2) is 4.98 Å². The van der Waals surface area contributed by atoms with Gasteiger partial charge >= 0.3 is 0 Å². The summed E-state index contributed by atoms with van der Waals surface area (Å²) in [5.74, 6) is 0.552. The minimum Gasteiger partial charge on any atom is -0.436 e. The summed E-state index contributed by atoms with van der Waals surface area (Å²) in [4.78, 5) is 14.0. The van der Waals surface area contributed by atoms with Crippen LogP contribution in [0.15, 0.2) is 193 Å². The molecule has 0 aliphatic heterocycles. The standard InChI is InChI=1S/C47H31N3O/c1-3-11-32(12-4-1)34-15-7-17-36(23-34)42-28-44(37-18-8-16-35(24-37)33-13-5-2-6-14-33)46-45(29-42)51-47(50-46)43-26-40(38-19-9-21-48-30-38)25-41(27-43)39-20-10-22-49-31-39/h1-31H. The Bertz CT molecular complexity index is 2560. The number of rotatable bonds is 7. The lowest BCUT2D eigenvalue weighted by Gasteiger charge is -2.10. The first-order valence-electron chi connectivity index (χ1n) is 17.0. The molecule has 4 heteroatoms. The molecule has 3 heterocycles. The number of fused-ring (bicyclic) bond motifs is 1. The first-order chi connectivity index (χ1) is 25.2.